The van der Waals surface area contributed by atoms with E-state index < -0.39 is 0 Å². The zero-order valence-electron chi connectivity index (χ0n) is 11.8. The Bertz CT molecular complexity index is 337. The van der Waals surface area contributed by atoms with E-state index in [1.54, 1.807) is 7.11 Å². The summed E-state index contributed by atoms with van der Waals surface area (Å²) in [6.45, 7) is 6.61. The Balaban J connectivity index is 2.71. The summed E-state index contributed by atoms with van der Waals surface area (Å²) in [5.41, 5.74) is 7.41. The Morgan fingerprint density at radius 1 is 1.22 bits per heavy atom. The summed E-state index contributed by atoms with van der Waals surface area (Å²) in [7, 11) is 1.69. The van der Waals surface area contributed by atoms with Crippen molar-refractivity contribution in [3.8, 4) is 5.75 Å². The van der Waals surface area contributed by atoms with Gasteiger partial charge in [-0.15, -0.1) is 0 Å². The molecule has 3 heteroatoms. The number of methoxy groups -OCH3 is 1. The molecule has 3 atom stereocenters. The summed E-state index contributed by atoms with van der Waals surface area (Å²) >= 11 is 1.96. The van der Waals surface area contributed by atoms with Crippen molar-refractivity contribution in [1.29, 1.82) is 0 Å². The largest absolute Gasteiger partial charge is 0.497 e. The van der Waals surface area contributed by atoms with Gasteiger partial charge in [0.15, 0.2) is 0 Å². The Kier molecular flexibility index (Phi) is 6.58. The van der Waals surface area contributed by atoms with Crippen molar-refractivity contribution < 1.29 is 4.74 Å². The second-order valence-corrected chi connectivity index (χ2v) is 6.07. The normalized spacial score (nSPS) is 16.1. The van der Waals surface area contributed by atoms with Gasteiger partial charge in [-0.05, 0) is 36.3 Å². The van der Waals surface area contributed by atoms with Gasteiger partial charge in [0.05, 0.1) is 7.11 Å². The van der Waals surface area contributed by atoms with Gasteiger partial charge in [-0.25, -0.2) is 0 Å². The molecule has 0 aliphatic carbocycles. The lowest BCUT2D eigenvalue weighted by atomic mass is 10.1. The molecule has 1 aromatic rings. The molecular weight excluding hydrogens is 242 g/mol. The lowest BCUT2D eigenvalue weighted by Crippen LogP contribution is -2.23. The number of hydrogen-bond donors (Lipinski definition) is 1. The molecule has 1 aromatic carbocycles. The van der Waals surface area contributed by atoms with Crippen molar-refractivity contribution >= 4 is 11.8 Å². The summed E-state index contributed by atoms with van der Waals surface area (Å²) in [5, 5.41) is 0.366. The lowest BCUT2D eigenvalue weighted by molar-refractivity contribution is 0.414. The molecule has 0 bridgehead atoms. The fourth-order valence-electron chi connectivity index (χ4n) is 1.73. The maximum atomic E-state index is 6.11. The van der Waals surface area contributed by atoms with E-state index in [4.69, 9.17) is 10.5 Å². The molecule has 102 valence electrons. The third-order valence-corrected chi connectivity index (χ3v) is 5.00. The van der Waals surface area contributed by atoms with Gasteiger partial charge in [0, 0.05) is 11.3 Å². The molecular formula is C15H25NOS. The zero-order valence-corrected chi connectivity index (χ0v) is 12.7. The molecule has 2 nitrogen and oxygen atoms in total. The summed E-state index contributed by atoms with van der Waals surface area (Å²) in [5.74, 6) is 2.80. The molecule has 0 saturated carbocycles. The van der Waals surface area contributed by atoms with Gasteiger partial charge in [0.25, 0.3) is 0 Å². The minimum absolute atomic E-state index is 0.160. The highest BCUT2D eigenvalue weighted by atomic mass is 32.2. The van der Waals surface area contributed by atoms with Crippen LogP contribution in [0.25, 0.3) is 0 Å². The fourth-order valence-corrected chi connectivity index (χ4v) is 3.16. The maximum absolute atomic E-state index is 6.11. The highest BCUT2D eigenvalue weighted by Gasteiger charge is 2.17. The molecule has 18 heavy (non-hydrogen) atoms. The van der Waals surface area contributed by atoms with Crippen LogP contribution in [0, 0.1) is 5.92 Å². The van der Waals surface area contributed by atoms with Gasteiger partial charge in [-0.1, -0.05) is 32.4 Å². The van der Waals surface area contributed by atoms with E-state index in [-0.39, 0.29) is 6.04 Å². The molecule has 0 radical (unpaired) electrons. The first-order chi connectivity index (χ1) is 8.58. The lowest BCUT2D eigenvalue weighted by Gasteiger charge is -2.22. The molecule has 0 aromatic heterocycles. The van der Waals surface area contributed by atoms with Gasteiger partial charge in [0.1, 0.15) is 5.75 Å². The van der Waals surface area contributed by atoms with Gasteiger partial charge in [0.2, 0.25) is 0 Å². The molecule has 1 rings (SSSR count). The van der Waals surface area contributed by atoms with E-state index in [1.807, 2.05) is 23.9 Å². The van der Waals surface area contributed by atoms with E-state index in [0.717, 1.165) is 17.4 Å². The molecule has 0 spiro atoms. The Labute approximate surface area is 115 Å². The van der Waals surface area contributed by atoms with Crippen LogP contribution in [0.15, 0.2) is 24.3 Å². The van der Waals surface area contributed by atoms with Gasteiger partial charge in [-0.2, -0.15) is 11.8 Å². The van der Waals surface area contributed by atoms with Crippen LogP contribution >= 0.6 is 11.8 Å². The topological polar surface area (TPSA) is 35.2 Å². The molecule has 0 amide bonds. The number of thioether (sulfide) groups is 1. The number of hydrogen-bond acceptors (Lipinski definition) is 3. The maximum Gasteiger partial charge on any atom is 0.118 e. The van der Waals surface area contributed by atoms with Crippen molar-refractivity contribution in [1.82, 2.24) is 0 Å². The van der Waals surface area contributed by atoms with Crippen LogP contribution in [0.4, 0.5) is 0 Å². The molecule has 3 unspecified atom stereocenters. The molecule has 0 heterocycles. The van der Waals surface area contributed by atoms with Crippen LogP contribution in [0.2, 0.25) is 0 Å². The number of benzene rings is 1. The molecule has 0 saturated heterocycles. The number of rotatable bonds is 7. The standard InChI is InChI=1S/C15H25NOS/c1-5-11(2)10-18-15(12(3)16)13-6-8-14(17-4)9-7-13/h6-9,11-12,15H,5,10,16H2,1-4H3. The van der Waals surface area contributed by atoms with Gasteiger partial charge >= 0.3 is 0 Å². The zero-order chi connectivity index (χ0) is 13.5. The minimum atomic E-state index is 0.160. The van der Waals surface area contributed by atoms with E-state index in [9.17, 15) is 0 Å². The van der Waals surface area contributed by atoms with Crippen LogP contribution in [0.1, 0.15) is 38.0 Å². The second-order valence-electron chi connectivity index (χ2n) is 4.90. The first-order valence-corrected chi connectivity index (χ1v) is 7.64. The fraction of sp³-hybridized carbons (Fsp3) is 0.600. The average molecular weight is 267 g/mol. The molecule has 2 N–H and O–H groups in total. The number of ether oxygens (including phenoxy) is 1. The van der Waals surface area contributed by atoms with Crippen LogP contribution in [0.3, 0.4) is 0 Å². The van der Waals surface area contributed by atoms with Crippen molar-refractivity contribution in [3.05, 3.63) is 29.8 Å². The minimum Gasteiger partial charge on any atom is -0.497 e. The molecule has 0 aliphatic heterocycles. The first kappa shape index (κ1) is 15.4. The summed E-state index contributed by atoms with van der Waals surface area (Å²) < 4.78 is 5.19. The smallest absolute Gasteiger partial charge is 0.118 e. The third kappa shape index (κ3) is 4.54. The van der Waals surface area contributed by atoms with E-state index >= 15 is 0 Å². The Morgan fingerprint density at radius 2 is 1.83 bits per heavy atom. The SMILES string of the molecule is CCC(C)CSC(c1ccc(OC)cc1)C(C)N. The molecule has 0 aliphatic rings. The quantitative estimate of drug-likeness (QED) is 0.814. The van der Waals surface area contributed by atoms with E-state index in [1.165, 1.54) is 12.0 Å². The van der Waals surface area contributed by atoms with Gasteiger partial charge in [-0.3, -0.25) is 0 Å². The Morgan fingerprint density at radius 3 is 2.28 bits per heavy atom. The van der Waals surface area contributed by atoms with Crippen LogP contribution < -0.4 is 10.5 Å². The first-order valence-electron chi connectivity index (χ1n) is 6.59. The van der Waals surface area contributed by atoms with E-state index in [0.29, 0.717) is 5.25 Å². The predicted octanol–water partition coefficient (Wildman–Crippen LogP) is 3.86. The average Bonchev–Trinajstić information content (AvgIpc) is 2.39. The summed E-state index contributed by atoms with van der Waals surface area (Å²) in [6, 6.07) is 8.42. The van der Waals surface area contributed by atoms with Crippen LogP contribution in [-0.4, -0.2) is 18.9 Å². The Hall–Kier alpha value is -0.670. The summed E-state index contributed by atoms with van der Waals surface area (Å²) in [4.78, 5) is 0. The summed E-state index contributed by atoms with van der Waals surface area (Å²) in [6.07, 6.45) is 1.22. The third-order valence-electron chi connectivity index (χ3n) is 3.18. The number of nitrogens with two attached hydrogens (primary N) is 1. The van der Waals surface area contributed by atoms with Crippen LogP contribution in [-0.2, 0) is 0 Å². The van der Waals surface area contributed by atoms with Crippen molar-refractivity contribution in [2.75, 3.05) is 12.9 Å². The highest BCUT2D eigenvalue weighted by molar-refractivity contribution is 7.99. The van der Waals surface area contributed by atoms with E-state index in [2.05, 4.69) is 32.9 Å². The molecule has 0 fully saturated rings. The monoisotopic (exact) mass is 267 g/mol. The second kappa shape index (κ2) is 7.70. The van der Waals surface area contributed by atoms with Crippen molar-refractivity contribution in [3.63, 3.8) is 0 Å². The highest BCUT2D eigenvalue weighted by Crippen LogP contribution is 2.33. The van der Waals surface area contributed by atoms with Crippen LogP contribution in [0.5, 0.6) is 5.75 Å². The van der Waals surface area contributed by atoms with Crippen molar-refractivity contribution in [2.24, 2.45) is 11.7 Å². The predicted molar refractivity (Wildman–Crippen MR) is 81.3 cm³/mol. The van der Waals surface area contributed by atoms with Gasteiger partial charge < -0.3 is 10.5 Å². The van der Waals surface area contributed by atoms with Crippen molar-refractivity contribution in [2.45, 2.75) is 38.5 Å².